The first-order valence-electron chi connectivity index (χ1n) is 5.73. The van der Waals surface area contributed by atoms with Crippen molar-refractivity contribution in [2.75, 3.05) is 19.7 Å². The number of rotatable bonds is 3. The van der Waals surface area contributed by atoms with Crippen molar-refractivity contribution < 1.29 is 14.6 Å². The Morgan fingerprint density at radius 2 is 2.39 bits per heavy atom. The number of carboxylic acids is 1. The molecule has 18 heavy (non-hydrogen) atoms. The molecule has 1 aliphatic heterocycles. The molecule has 1 aromatic rings. The van der Waals surface area contributed by atoms with E-state index in [0.717, 1.165) is 11.3 Å². The van der Waals surface area contributed by atoms with Gasteiger partial charge in [-0.2, -0.15) is 5.10 Å². The lowest BCUT2D eigenvalue weighted by Crippen LogP contribution is -2.45. The molecule has 100 valence electrons. The minimum atomic E-state index is -0.922. The van der Waals surface area contributed by atoms with Crippen molar-refractivity contribution in [2.24, 2.45) is 7.05 Å². The maximum absolute atomic E-state index is 10.9. The molecule has 0 saturated carbocycles. The van der Waals surface area contributed by atoms with E-state index in [2.05, 4.69) is 5.10 Å². The Morgan fingerprint density at radius 1 is 1.67 bits per heavy atom. The highest BCUT2D eigenvalue weighted by Gasteiger charge is 2.27. The summed E-state index contributed by atoms with van der Waals surface area (Å²) in [6.07, 6.45) is -0.755. The van der Waals surface area contributed by atoms with Gasteiger partial charge in [0.1, 0.15) is 5.15 Å². The molecule has 6 nitrogen and oxygen atoms in total. The van der Waals surface area contributed by atoms with Crippen LogP contribution in [0, 0.1) is 6.92 Å². The molecule has 7 heteroatoms. The maximum Gasteiger partial charge on any atom is 0.334 e. The van der Waals surface area contributed by atoms with Crippen molar-refractivity contribution in [3.63, 3.8) is 0 Å². The fourth-order valence-electron chi connectivity index (χ4n) is 2.07. The summed E-state index contributed by atoms with van der Waals surface area (Å²) < 4.78 is 6.80. The van der Waals surface area contributed by atoms with Crippen molar-refractivity contribution in [3.05, 3.63) is 16.4 Å². The number of morpholine rings is 1. The first-order valence-corrected chi connectivity index (χ1v) is 6.11. The van der Waals surface area contributed by atoms with E-state index in [0.29, 0.717) is 31.4 Å². The summed E-state index contributed by atoms with van der Waals surface area (Å²) in [4.78, 5) is 12.9. The molecule has 1 aliphatic rings. The Kier molecular flexibility index (Phi) is 3.89. The molecule has 1 unspecified atom stereocenters. The smallest absolute Gasteiger partial charge is 0.334 e. The highest BCUT2D eigenvalue weighted by molar-refractivity contribution is 6.30. The zero-order valence-electron chi connectivity index (χ0n) is 10.4. The van der Waals surface area contributed by atoms with Crippen molar-refractivity contribution in [3.8, 4) is 0 Å². The molecule has 2 rings (SSSR count). The molecule has 1 N–H and O–H groups in total. The molecule has 0 amide bonds. The summed E-state index contributed by atoms with van der Waals surface area (Å²) in [7, 11) is 1.79. The molecular weight excluding hydrogens is 258 g/mol. The van der Waals surface area contributed by atoms with Gasteiger partial charge in [0.05, 0.1) is 12.3 Å². The third kappa shape index (κ3) is 2.66. The van der Waals surface area contributed by atoms with E-state index in [1.54, 1.807) is 11.7 Å². The molecule has 1 fully saturated rings. The summed E-state index contributed by atoms with van der Waals surface area (Å²) in [5.41, 5.74) is 1.83. The minimum absolute atomic E-state index is 0.375. The summed E-state index contributed by atoms with van der Waals surface area (Å²) in [5.74, 6) is -0.922. The monoisotopic (exact) mass is 273 g/mol. The number of carboxylic acid groups (broad SMARTS) is 1. The zero-order valence-corrected chi connectivity index (χ0v) is 11.1. The lowest BCUT2D eigenvalue weighted by Gasteiger charge is -2.30. The number of nitrogens with zero attached hydrogens (tertiary/aromatic N) is 3. The molecule has 1 saturated heterocycles. The van der Waals surface area contributed by atoms with Crippen LogP contribution in [0.1, 0.15) is 11.3 Å². The highest BCUT2D eigenvalue weighted by Crippen LogP contribution is 2.21. The van der Waals surface area contributed by atoms with Crippen LogP contribution in [-0.2, 0) is 23.1 Å². The van der Waals surface area contributed by atoms with Gasteiger partial charge in [0.25, 0.3) is 0 Å². The van der Waals surface area contributed by atoms with E-state index in [9.17, 15) is 4.79 Å². The molecular formula is C11H16ClN3O3. The third-order valence-corrected chi connectivity index (χ3v) is 3.55. The van der Waals surface area contributed by atoms with Gasteiger partial charge in [-0.1, -0.05) is 11.6 Å². The summed E-state index contributed by atoms with van der Waals surface area (Å²) in [5, 5.41) is 13.8. The fourth-order valence-corrected chi connectivity index (χ4v) is 2.31. The van der Waals surface area contributed by atoms with Gasteiger partial charge < -0.3 is 9.84 Å². The van der Waals surface area contributed by atoms with E-state index in [1.165, 1.54) is 0 Å². The number of ether oxygens (including phenoxy) is 1. The van der Waals surface area contributed by atoms with Crippen LogP contribution in [0.2, 0.25) is 5.15 Å². The number of aromatic nitrogens is 2. The summed E-state index contributed by atoms with van der Waals surface area (Å²) in [6.45, 7) is 4.00. The topological polar surface area (TPSA) is 67.6 Å². The Bertz CT molecular complexity index is 461. The number of halogens is 1. The van der Waals surface area contributed by atoms with E-state index in [-0.39, 0.29) is 0 Å². The molecule has 0 aliphatic carbocycles. The van der Waals surface area contributed by atoms with Gasteiger partial charge in [0.2, 0.25) is 0 Å². The number of hydrogen-bond donors (Lipinski definition) is 1. The molecule has 0 bridgehead atoms. The van der Waals surface area contributed by atoms with Crippen LogP contribution < -0.4 is 0 Å². The summed E-state index contributed by atoms with van der Waals surface area (Å²) in [6, 6.07) is 0. The van der Waals surface area contributed by atoms with Crippen LogP contribution in [0.25, 0.3) is 0 Å². The van der Waals surface area contributed by atoms with Gasteiger partial charge in [-0.25, -0.2) is 4.79 Å². The van der Waals surface area contributed by atoms with Crippen molar-refractivity contribution in [1.29, 1.82) is 0 Å². The van der Waals surface area contributed by atoms with Crippen molar-refractivity contribution >= 4 is 17.6 Å². The first kappa shape index (κ1) is 13.3. The number of aryl methyl sites for hydroxylation is 2. The normalized spacial score (nSPS) is 21.2. The molecule has 0 aromatic carbocycles. The largest absolute Gasteiger partial charge is 0.479 e. The van der Waals surface area contributed by atoms with Gasteiger partial charge in [0, 0.05) is 32.2 Å². The van der Waals surface area contributed by atoms with E-state index < -0.39 is 12.1 Å². The van der Waals surface area contributed by atoms with Gasteiger partial charge >= 0.3 is 5.97 Å². The van der Waals surface area contributed by atoms with Crippen molar-refractivity contribution in [2.45, 2.75) is 19.6 Å². The van der Waals surface area contributed by atoms with Gasteiger partial charge in [-0.15, -0.1) is 0 Å². The number of carbonyl (C=O) groups is 1. The molecule has 0 radical (unpaired) electrons. The van der Waals surface area contributed by atoms with Crippen LogP contribution in [0.3, 0.4) is 0 Å². The Labute approximate surface area is 110 Å². The van der Waals surface area contributed by atoms with Crippen LogP contribution in [0.15, 0.2) is 0 Å². The standard InChI is InChI=1S/C11H16ClN3O3/c1-7-8(10(12)14(2)13-7)5-15-3-4-18-9(6-15)11(16)17/h9H,3-6H2,1-2H3,(H,16,17). The van der Waals surface area contributed by atoms with Crippen LogP contribution >= 0.6 is 11.6 Å². The van der Waals surface area contributed by atoms with Crippen LogP contribution in [0.4, 0.5) is 0 Å². The van der Waals surface area contributed by atoms with Gasteiger partial charge in [-0.3, -0.25) is 9.58 Å². The maximum atomic E-state index is 10.9. The van der Waals surface area contributed by atoms with Gasteiger partial charge in [0.15, 0.2) is 6.10 Å². The highest BCUT2D eigenvalue weighted by atomic mass is 35.5. The quantitative estimate of drug-likeness (QED) is 0.877. The average Bonchev–Trinajstić information content (AvgIpc) is 2.56. The average molecular weight is 274 g/mol. The third-order valence-electron chi connectivity index (χ3n) is 3.08. The second kappa shape index (κ2) is 5.26. The molecule has 1 atom stereocenters. The molecule has 0 spiro atoms. The molecule has 1 aromatic heterocycles. The fraction of sp³-hybridized carbons (Fsp3) is 0.636. The second-order valence-electron chi connectivity index (χ2n) is 4.41. The van der Waals surface area contributed by atoms with E-state index >= 15 is 0 Å². The number of hydrogen-bond acceptors (Lipinski definition) is 4. The summed E-state index contributed by atoms with van der Waals surface area (Å²) >= 11 is 6.16. The zero-order chi connectivity index (χ0) is 13.3. The number of aliphatic carboxylic acids is 1. The first-order chi connectivity index (χ1) is 8.49. The van der Waals surface area contributed by atoms with Gasteiger partial charge in [-0.05, 0) is 6.92 Å². The van der Waals surface area contributed by atoms with Crippen LogP contribution in [0.5, 0.6) is 0 Å². The predicted octanol–water partition coefficient (Wildman–Crippen LogP) is 0.667. The molecule has 2 heterocycles. The van der Waals surface area contributed by atoms with Crippen LogP contribution in [-0.4, -0.2) is 51.6 Å². The van der Waals surface area contributed by atoms with E-state index in [1.807, 2.05) is 11.8 Å². The predicted molar refractivity (Wildman–Crippen MR) is 65.6 cm³/mol. The lowest BCUT2D eigenvalue weighted by atomic mass is 10.2. The van der Waals surface area contributed by atoms with E-state index in [4.69, 9.17) is 21.4 Å². The Balaban J connectivity index is 2.07. The second-order valence-corrected chi connectivity index (χ2v) is 4.77. The SMILES string of the molecule is Cc1nn(C)c(Cl)c1CN1CCOC(C(=O)O)C1. The Hall–Kier alpha value is -1.11. The lowest BCUT2D eigenvalue weighted by molar-refractivity contribution is -0.156. The van der Waals surface area contributed by atoms with Crippen molar-refractivity contribution in [1.82, 2.24) is 14.7 Å². The minimum Gasteiger partial charge on any atom is -0.479 e. The Morgan fingerprint density at radius 3 is 2.94 bits per heavy atom.